The van der Waals surface area contributed by atoms with Crippen LogP contribution in [0.25, 0.3) is 0 Å². The van der Waals surface area contributed by atoms with E-state index in [1.54, 1.807) is 6.07 Å². The highest BCUT2D eigenvalue weighted by atomic mass is 35.5. The molecule has 1 aliphatic rings. The Balaban J connectivity index is 2.27. The van der Waals surface area contributed by atoms with Crippen molar-refractivity contribution in [1.29, 1.82) is 5.26 Å². The molecule has 0 spiro atoms. The van der Waals surface area contributed by atoms with Crippen LogP contribution in [-0.4, -0.2) is 26.3 Å². The maximum Gasteiger partial charge on any atom is 0.181 e. The Hall–Kier alpha value is -1.44. The van der Waals surface area contributed by atoms with Crippen LogP contribution in [0.1, 0.15) is 0 Å². The molecule has 0 unspecified atom stereocenters. The van der Waals surface area contributed by atoms with Gasteiger partial charge in [-0.2, -0.15) is 5.26 Å². The van der Waals surface area contributed by atoms with E-state index in [2.05, 4.69) is 10.2 Å². The molecular formula is C11H12ClN3O. The van der Waals surface area contributed by atoms with Crippen LogP contribution in [0.15, 0.2) is 18.2 Å². The van der Waals surface area contributed by atoms with Crippen LogP contribution in [-0.2, 0) is 4.74 Å². The molecule has 0 saturated carbocycles. The van der Waals surface area contributed by atoms with Crippen LogP contribution in [0, 0.1) is 11.5 Å². The Morgan fingerprint density at radius 3 is 2.81 bits per heavy atom. The van der Waals surface area contributed by atoms with Gasteiger partial charge in [-0.15, -0.1) is 0 Å². The Morgan fingerprint density at radius 1 is 1.38 bits per heavy atom. The number of anilines is 2. The van der Waals surface area contributed by atoms with Crippen molar-refractivity contribution >= 4 is 23.0 Å². The second-order valence-corrected chi connectivity index (χ2v) is 3.93. The summed E-state index contributed by atoms with van der Waals surface area (Å²) in [5.74, 6) is 0. The molecule has 0 aromatic heterocycles. The van der Waals surface area contributed by atoms with E-state index in [-0.39, 0.29) is 0 Å². The molecule has 1 N–H and O–H groups in total. The van der Waals surface area contributed by atoms with Gasteiger partial charge in [0.25, 0.3) is 0 Å². The van der Waals surface area contributed by atoms with Gasteiger partial charge in [0.1, 0.15) is 0 Å². The quantitative estimate of drug-likeness (QED) is 0.632. The molecule has 2 rings (SSSR count). The van der Waals surface area contributed by atoms with E-state index in [0.717, 1.165) is 24.5 Å². The number of hydrogen-bond donors (Lipinski definition) is 1. The van der Waals surface area contributed by atoms with Crippen molar-refractivity contribution in [3.63, 3.8) is 0 Å². The number of halogens is 1. The highest BCUT2D eigenvalue weighted by Crippen LogP contribution is 2.29. The monoisotopic (exact) mass is 237 g/mol. The number of benzene rings is 1. The number of nitrogens with one attached hydrogen (secondary N) is 1. The third-order valence-electron chi connectivity index (χ3n) is 2.50. The lowest BCUT2D eigenvalue weighted by Crippen LogP contribution is -2.36. The lowest BCUT2D eigenvalue weighted by atomic mass is 10.2. The van der Waals surface area contributed by atoms with Crippen molar-refractivity contribution in [2.24, 2.45) is 0 Å². The number of ether oxygens (including phenoxy) is 1. The molecule has 4 nitrogen and oxygen atoms in total. The summed E-state index contributed by atoms with van der Waals surface area (Å²) in [5.41, 5.74) is 1.74. The molecule has 1 saturated heterocycles. The molecule has 84 valence electrons. The van der Waals surface area contributed by atoms with Crippen molar-refractivity contribution in [1.82, 2.24) is 0 Å². The zero-order chi connectivity index (χ0) is 11.4. The number of morpholine rings is 1. The fourth-order valence-corrected chi connectivity index (χ4v) is 1.92. The second-order valence-electron chi connectivity index (χ2n) is 3.50. The first-order valence-electron chi connectivity index (χ1n) is 5.08. The van der Waals surface area contributed by atoms with Crippen LogP contribution in [0.3, 0.4) is 0 Å². The molecule has 5 heteroatoms. The highest BCUT2D eigenvalue weighted by Gasteiger charge is 2.14. The minimum atomic E-state index is 0.620. The number of nitrogens with zero attached hydrogens (tertiary/aromatic N) is 2. The van der Waals surface area contributed by atoms with Crippen LogP contribution in [0.5, 0.6) is 0 Å². The molecule has 1 aliphatic heterocycles. The Labute approximate surface area is 99.4 Å². The maximum absolute atomic E-state index is 8.69. The molecule has 0 atom stereocenters. The molecular weight excluding hydrogens is 226 g/mol. The molecule has 16 heavy (non-hydrogen) atoms. The van der Waals surface area contributed by atoms with Gasteiger partial charge in [0.05, 0.1) is 24.6 Å². The van der Waals surface area contributed by atoms with Crippen molar-refractivity contribution in [2.45, 2.75) is 0 Å². The minimum Gasteiger partial charge on any atom is -0.378 e. The standard InChI is InChI=1S/C11H12ClN3O/c12-9-1-2-11(10(7-9)14-8-13)15-3-5-16-6-4-15/h1-2,7,14H,3-6H2. The zero-order valence-electron chi connectivity index (χ0n) is 8.74. The van der Waals surface area contributed by atoms with Gasteiger partial charge in [0, 0.05) is 18.1 Å². The first-order chi connectivity index (χ1) is 7.81. The number of nitriles is 1. The van der Waals surface area contributed by atoms with Gasteiger partial charge in [0.15, 0.2) is 6.19 Å². The van der Waals surface area contributed by atoms with Gasteiger partial charge in [-0.05, 0) is 18.2 Å². The summed E-state index contributed by atoms with van der Waals surface area (Å²) in [5, 5.41) is 12.0. The fourth-order valence-electron chi connectivity index (χ4n) is 1.75. The average molecular weight is 238 g/mol. The molecule has 1 heterocycles. The van der Waals surface area contributed by atoms with E-state index in [9.17, 15) is 0 Å². The van der Waals surface area contributed by atoms with Crippen LogP contribution < -0.4 is 10.2 Å². The van der Waals surface area contributed by atoms with E-state index in [4.69, 9.17) is 21.6 Å². The van der Waals surface area contributed by atoms with Crippen LogP contribution in [0.2, 0.25) is 5.02 Å². The Bertz CT molecular complexity index is 410. The fraction of sp³-hybridized carbons (Fsp3) is 0.364. The summed E-state index contributed by atoms with van der Waals surface area (Å²) in [7, 11) is 0. The van der Waals surface area contributed by atoms with Crippen molar-refractivity contribution < 1.29 is 4.74 Å². The Kier molecular flexibility index (Phi) is 3.50. The molecule has 1 aromatic rings. The zero-order valence-corrected chi connectivity index (χ0v) is 9.50. The lowest BCUT2D eigenvalue weighted by molar-refractivity contribution is 0.123. The number of hydrogen-bond acceptors (Lipinski definition) is 4. The third kappa shape index (κ3) is 2.38. The molecule has 0 radical (unpaired) electrons. The first kappa shape index (κ1) is 11.1. The summed E-state index contributed by atoms with van der Waals surface area (Å²) in [6.45, 7) is 3.10. The van der Waals surface area contributed by atoms with Gasteiger partial charge in [-0.25, -0.2) is 0 Å². The van der Waals surface area contributed by atoms with Crippen molar-refractivity contribution in [3.05, 3.63) is 23.2 Å². The Morgan fingerprint density at radius 2 is 2.12 bits per heavy atom. The molecule has 0 amide bonds. The van der Waals surface area contributed by atoms with E-state index in [0.29, 0.717) is 18.2 Å². The van der Waals surface area contributed by atoms with E-state index < -0.39 is 0 Å². The average Bonchev–Trinajstić information content (AvgIpc) is 2.31. The number of rotatable bonds is 2. The smallest absolute Gasteiger partial charge is 0.181 e. The summed E-state index contributed by atoms with van der Waals surface area (Å²) in [6.07, 6.45) is 1.92. The largest absolute Gasteiger partial charge is 0.378 e. The second kappa shape index (κ2) is 5.06. The predicted molar refractivity (Wildman–Crippen MR) is 63.7 cm³/mol. The molecule has 1 fully saturated rings. The van der Waals surface area contributed by atoms with Gasteiger partial charge < -0.3 is 9.64 Å². The molecule has 0 bridgehead atoms. The predicted octanol–water partition coefficient (Wildman–Crippen LogP) is 2.07. The molecule has 1 aromatic carbocycles. The summed E-state index contributed by atoms with van der Waals surface area (Å²) in [4.78, 5) is 2.18. The van der Waals surface area contributed by atoms with Gasteiger partial charge in [-0.1, -0.05) is 11.6 Å². The van der Waals surface area contributed by atoms with Crippen LogP contribution in [0.4, 0.5) is 11.4 Å². The van der Waals surface area contributed by atoms with Crippen molar-refractivity contribution in [3.8, 4) is 6.19 Å². The summed E-state index contributed by atoms with van der Waals surface area (Å²) in [6, 6.07) is 5.51. The first-order valence-corrected chi connectivity index (χ1v) is 5.46. The SMILES string of the molecule is N#CNc1cc(Cl)ccc1N1CCOCC1. The van der Waals surface area contributed by atoms with Gasteiger partial charge in [0.2, 0.25) is 0 Å². The van der Waals surface area contributed by atoms with E-state index in [1.807, 2.05) is 18.3 Å². The highest BCUT2D eigenvalue weighted by molar-refractivity contribution is 6.31. The summed E-state index contributed by atoms with van der Waals surface area (Å²) >= 11 is 5.90. The van der Waals surface area contributed by atoms with Gasteiger partial charge in [-0.3, -0.25) is 5.32 Å². The normalized spacial score (nSPS) is 15.6. The van der Waals surface area contributed by atoms with E-state index >= 15 is 0 Å². The van der Waals surface area contributed by atoms with Crippen LogP contribution >= 0.6 is 11.6 Å². The lowest BCUT2D eigenvalue weighted by Gasteiger charge is -2.30. The topological polar surface area (TPSA) is 48.3 Å². The van der Waals surface area contributed by atoms with Gasteiger partial charge >= 0.3 is 0 Å². The third-order valence-corrected chi connectivity index (χ3v) is 2.74. The maximum atomic E-state index is 8.69. The van der Waals surface area contributed by atoms with Crippen molar-refractivity contribution in [2.75, 3.05) is 36.5 Å². The minimum absolute atomic E-state index is 0.620. The summed E-state index contributed by atoms with van der Waals surface area (Å²) < 4.78 is 5.29. The van der Waals surface area contributed by atoms with E-state index in [1.165, 1.54) is 0 Å². The molecule has 0 aliphatic carbocycles.